The van der Waals surface area contributed by atoms with Crippen molar-refractivity contribution in [2.75, 3.05) is 7.05 Å². The molecule has 0 atom stereocenters. The topological polar surface area (TPSA) is 109 Å². The fourth-order valence-corrected chi connectivity index (χ4v) is 3.37. The zero-order valence-corrected chi connectivity index (χ0v) is 15.5. The third-order valence-corrected chi connectivity index (χ3v) is 5.42. The van der Waals surface area contributed by atoms with Crippen molar-refractivity contribution in [3.63, 3.8) is 0 Å². The van der Waals surface area contributed by atoms with E-state index in [1.807, 2.05) is 6.92 Å². The number of nitrogens with two attached hydrogens (primary N) is 1. The standard InChI is InChI=1S/C15H21N5O2S2/c1-10-11(2)23-14(20-10)9-19-15(17-3)18-8-12-4-6-13(7-5-12)24(16,21)22/h4-7H,8-9H2,1-3H3,(H2,16,21,22)(H2,17,18,19). The smallest absolute Gasteiger partial charge is 0.238 e. The molecule has 0 saturated carbocycles. The minimum atomic E-state index is -3.66. The molecule has 0 amide bonds. The summed E-state index contributed by atoms with van der Waals surface area (Å²) in [5, 5.41) is 12.5. The lowest BCUT2D eigenvalue weighted by Gasteiger charge is -2.11. The van der Waals surface area contributed by atoms with E-state index < -0.39 is 10.0 Å². The van der Waals surface area contributed by atoms with Crippen molar-refractivity contribution in [3.8, 4) is 0 Å². The van der Waals surface area contributed by atoms with E-state index in [0.29, 0.717) is 19.0 Å². The van der Waals surface area contributed by atoms with Crippen LogP contribution in [-0.4, -0.2) is 26.4 Å². The van der Waals surface area contributed by atoms with Crippen molar-refractivity contribution in [2.45, 2.75) is 31.8 Å². The highest BCUT2D eigenvalue weighted by atomic mass is 32.2. The number of guanidine groups is 1. The number of primary sulfonamides is 1. The highest BCUT2D eigenvalue weighted by Gasteiger charge is 2.07. The van der Waals surface area contributed by atoms with Gasteiger partial charge in [-0.3, -0.25) is 4.99 Å². The normalized spacial score (nSPS) is 12.2. The number of thiazole rings is 1. The summed E-state index contributed by atoms with van der Waals surface area (Å²) in [6.07, 6.45) is 0. The van der Waals surface area contributed by atoms with Crippen LogP contribution in [-0.2, 0) is 23.1 Å². The van der Waals surface area contributed by atoms with E-state index in [2.05, 4.69) is 27.5 Å². The van der Waals surface area contributed by atoms with Gasteiger partial charge in [-0.15, -0.1) is 11.3 Å². The molecule has 24 heavy (non-hydrogen) atoms. The molecule has 1 heterocycles. The molecular formula is C15H21N5O2S2. The lowest BCUT2D eigenvalue weighted by atomic mass is 10.2. The van der Waals surface area contributed by atoms with Gasteiger partial charge in [0.15, 0.2) is 5.96 Å². The van der Waals surface area contributed by atoms with E-state index in [4.69, 9.17) is 5.14 Å². The van der Waals surface area contributed by atoms with Crippen molar-refractivity contribution in [3.05, 3.63) is 45.4 Å². The van der Waals surface area contributed by atoms with Gasteiger partial charge >= 0.3 is 0 Å². The Balaban J connectivity index is 1.89. The van der Waals surface area contributed by atoms with Gasteiger partial charge in [-0.25, -0.2) is 18.5 Å². The Morgan fingerprint density at radius 1 is 1.21 bits per heavy atom. The molecule has 7 nitrogen and oxygen atoms in total. The molecule has 0 unspecified atom stereocenters. The lowest BCUT2D eigenvalue weighted by Crippen LogP contribution is -2.36. The molecule has 1 aromatic heterocycles. The van der Waals surface area contributed by atoms with Crippen LogP contribution in [0.5, 0.6) is 0 Å². The molecule has 0 radical (unpaired) electrons. The lowest BCUT2D eigenvalue weighted by molar-refractivity contribution is 0.597. The van der Waals surface area contributed by atoms with Crippen molar-refractivity contribution >= 4 is 27.3 Å². The number of sulfonamides is 1. The SMILES string of the molecule is CN=C(NCc1ccc(S(N)(=O)=O)cc1)NCc1nc(C)c(C)s1. The van der Waals surface area contributed by atoms with Crippen LogP contribution in [0, 0.1) is 13.8 Å². The molecule has 0 aliphatic heterocycles. The summed E-state index contributed by atoms with van der Waals surface area (Å²) in [5.74, 6) is 0.649. The first-order valence-corrected chi connectivity index (χ1v) is 9.65. The number of aryl methyl sites for hydroxylation is 2. The number of nitrogens with one attached hydrogen (secondary N) is 2. The molecule has 2 rings (SSSR count). The average molecular weight is 368 g/mol. The minimum absolute atomic E-state index is 0.100. The second-order valence-electron chi connectivity index (χ2n) is 5.22. The third-order valence-electron chi connectivity index (χ3n) is 3.42. The zero-order valence-electron chi connectivity index (χ0n) is 13.8. The fourth-order valence-electron chi connectivity index (χ4n) is 1.98. The summed E-state index contributed by atoms with van der Waals surface area (Å²) in [6, 6.07) is 6.41. The van der Waals surface area contributed by atoms with Crippen molar-refractivity contribution in [1.29, 1.82) is 0 Å². The maximum absolute atomic E-state index is 11.2. The van der Waals surface area contributed by atoms with Crippen LogP contribution in [0.3, 0.4) is 0 Å². The number of hydrogen-bond acceptors (Lipinski definition) is 5. The van der Waals surface area contributed by atoms with Crippen LogP contribution in [0.4, 0.5) is 0 Å². The molecular weight excluding hydrogens is 346 g/mol. The van der Waals surface area contributed by atoms with Gasteiger partial charge in [0, 0.05) is 18.5 Å². The van der Waals surface area contributed by atoms with Crippen LogP contribution < -0.4 is 15.8 Å². The van der Waals surface area contributed by atoms with E-state index in [-0.39, 0.29) is 4.90 Å². The first kappa shape index (κ1) is 18.4. The van der Waals surface area contributed by atoms with E-state index in [1.54, 1.807) is 30.5 Å². The molecule has 0 spiro atoms. The first-order valence-electron chi connectivity index (χ1n) is 7.29. The van der Waals surface area contributed by atoms with E-state index in [0.717, 1.165) is 16.3 Å². The van der Waals surface area contributed by atoms with Crippen LogP contribution >= 0.6 is 11.3 Å². The zero-order chi connectivity index (χ0) is 17.7. The third kappa shape index (κ3) is 5.02. The monoisotopic (exact) mass is 367 g/mol. The van der Waals surface area contributed by atoms with Crippen molar-refractivity contribution in [2.24, 2.45) is 10.1 Å². The first-order chi connectivity index (χ1) is 11.3. The molecule has 0 saturated heterocycles. The molecule has 0 bridgehead atoms. The van der Waals surface area contributed by atoms with E-state index in [9.17, 15) is 8.42 Å². The number of nitrogens with zero attached hydrogens (tertiary/aromatic N) is 2. The maximum atomic E-state index is 11.2. The van der Waals surface area contributed by atoms with Gasteiger partial charge in [0.2, 0.25) is 10.0 Å². The number of aromatic nitrogens is 1. The number of aliphatic imine (C=N–C) groups is 1. The highest BCUT2D eigenvalue weighted by molar-refractivity contribution is 7.89. The average Bonchev–Trinajstić information content (AvgIpc) is 2.85. The maximum Gasteiger partial charge on any atom is 0.238 e. The van der Waals surface area contributed by atoms with Crippen LogP contribution in [0.15, 0.2) is 34.2 Å². The van der Waals surface area contributed by atoms with Gasteiger partial charge < -0.3 is 10.6 Å². The van der Waals surface area contributed by atoms with Crippen LogP contribution in [0.1, 0.15) is 21.1 Å². The summed E-state index contributed by atoms with van der Waals surface area (Å²) in [5.41, 5.74) is 1.97. The molecule has 0 fully saturated rings. The second kappa shape index (κ2) is 7.73. The molecule has 0 aliphatic carbocycles. The molecule has 1 aromatic carbocycles. The van der Waals surface area contributed by atoms with Gasteiger partial charge in [0.05, 0.1) is 17.1 Å². The molecule has 4 N–H and O–H groups in total. The van der Waals surface area contributed by atoms with Crippen molar-refractivity contribution < 1.29 is 8.42 Å². The summed E-state index contributed by atoms with van der Waals surface area (Å²) >= 11 is 1.66. The van der Waals surface area contributed by atoms with Gasteiger partial charge in [-0.1, -0.05) is 12.1 Å². The van der Waals surface area contributed by atoms with Gasteiger partial charge in [0.25, 0.3) is 0 Å². The Bertz CT molecular complexity index is 807. The number of benzene rings is 1. The highest BCUT2D eigenvalue weighted by Crippen LogP contribution is 2.15. The molecule has 0 aliphatic rings. The Kier molecular flexibility index (Phi) is 5.92. The number of rotatable bonds is 5. The van der Waals surface area contributed by atoms with Crippen molar-refractivity contribution in [1.82, 2.24) is 15.6 Å². The second-order valence-corrected chi connectivity index (χ2v) is 8.07. The Morgan fingerprint density at radius 3 is 2.33 bits per heavy atom. The van der Waals surface area contributed by atoms with Crippen LogP contribution in [0.25, 0.3) is 0 Å². The summed E-state index contributed by atoms with van der Waals surface area (Å²) in [6.45, 7) is 5.16. The minimum Gasteiger partial charge on any atom is -0.352 e. The molecule has 9 heteroatoms. The Hall–Kier alpha value is -1.97. The van der Waals surface area contributed by atoms with Gasteiger partial charge in [-0.2, -0.15) is 0 Å². The van der Waals surface area contributed by atoms with Gasteiger partial charge in [-0.05, 0) is 31.5 Å². The Labute approximate surface area is 146 Å². The largest absolute Gasteiger partial charge is 0.352 e. The fraction of sp³-hybridized carbons (Fsp3) is 0.333. The summed E-state index contributed by atoms with van der Waals surface area (Å²) < 4.78 is 22.5. The summed E-state index contributed by atoms with van der Waals surface area (Å²) in [7, 11) is -1.97. The van der Waals surface area contributed by atoms with Crippen LogP contribution in [0.2, 0.25) is 0 Å². The number of hydrogen-bond donors (Lipinski definition) is 3. The van der Waals surface area contributed by atoms with Gasteiger partial charge in [0.1, 0.15) is 5.01 Å². The molecule has 2 aromatic rings. The summed E-state index contributed by atoms with van der Waals surface area (Å²) in [4.78, 5) is 9.94. The van der Waals surface area contributed by atoms with E-state index >= 15 is 0 Å². The molecule has 130 valence electrons. The predicted molar refractivity (Wildman–Crippen MR) is 96.4 cm³/mol. The Morgan fingerprint density at radius 2 is 1.83 bits per heavy atom. The quantitative estimate of drug-likeness (QED) is 0.545. The van der Waals surface area contributed by atoms with E-state index in [1.165, 1.54) is 17.0 Å². The predicted octanol–water partition coefficient (Wildman–Crippen LogP) is 1.27.